The molecule has 3 rings (SSSR count). The van der Waals surface area contributed by atoms with Crippen LogP contribution in [-0.4, -0.2) is 41.3 Å². The van der Waals surface area contributed by atoms with Gasteiger partial charge in [0, 0.05) is 32.0 Å². The Morgan fingerprint density at radius 1 is 1.26 bits per heavy atom. The summed E-state index contributed by atoms with van der Waals surface area (Å²) in [4.78, 5) is 17.2. The molecular formula is C18H22N4O3S2. The van der Waals surface area contributed by atoms with Gasteiger partial charge >= 0.3 is 0 Å². The number of sulfonamides is 1. The van der Waals surface area contributed by atoms with Crippen LogP contribution in [0.25, 0.3) is 10.2 Å². The number of aromatic nitrogens is 2. The molecule has 0 fully saturated rings. The van der Waals surface area contributed by atoms with Crippen molar-refractivity contribution in [3.8, 4) is 0 Å². The molecule has 0 bridgehead atoms. The van der Waals surface area contributed by atoms with Crippen molar-refractivity contribution in [3.63, 3.8) is 0 Å². The van der Waals surface area contributed by atoms with E-state index in [1.165, 1.54) is 21.1 Å². The Bertz CT molecular complexity index is 1100. The number of fused-ring (bicyclic) bond motifs is 1. The van der Waals surface area contributed by atoms with Crippen molar-refractivity contribution in [2.75, 3.05) is 18.4 Å². The van der Waals surface area contributed by atoms with Gasteiger partial charge in [-0.1, -0.05) is 13.8 Å². The standard InChI is InChI=1S/C18H22N4O3S2/c1-5-22(6-2)27(24,25)14-10-16(21(4)11-14)18(23)20-13-7-8-15-17(9-13)26-12(3)19-15/h7-11H,5-6H2,1-4H3,(H,20,23). The van der Waals surface area contributed by atoms with Crippen molar-refractivity contribution in [1.82, 2.24) is 13.9 Å². The van der Waals surface area contributed by atoms with Crippen LogP contribution < -0.4 is 5.32 Å². The number of anilines is 1. The van der Waals surface area contributed by atoms with Gasteiger partial charge in [0.25, 0.3) is 5.91 Å². The largest absolute Gasteiger partial charge is 0.345 e. The second-order valence-corrected chi connectivity index (χ2v) is 9.30. The van der Waals surface area contributed by atoms with Crippen molar-refractivity contribution in [2.45, 2.75) is 25.7 Å². The number of rotatable bonds is 6. The van der Waals surface area contributed by atoms with Crippen molar-refractivity contribution in [1.29, 1.82) is 0 Å². The van der Waals surface area contributed by atoms with Gasteiger partial charge in [-0.15, -0.1) is 11.3 Å². The van der Waals surface area contributed by atoms with E-state index in [4.69, 9.17) is 0 Å². The van der Waals surface area contributed by atoms with Crippen LogP contribution in [0.4, 0.5) is 5.69 Å². The molecule has 0 saturated heterocycles. The van der Waals surface area contributed by atoms with Gasteiger partial charge in [-0.25, -0.2) is 13.4 Å². The topological polar surface area (TPSA) is 84.3 Å². The molecular weight excluding hydrogens is 384 g/mol. The number of hydrogen-bond acceptors (Lipinski definition) is 5. The molecule has 0 saturated carbocycles. The molecule has 1 amide bonds. The highest BCUT2D eigenvalue weighted by atomic mass is 32.2. The minimum atomic E-state index is -3.61. The highest BCUT2D eigenvalue weighted by molar-refractivity contribution is 7.89. The fourth-order valence-electron chi connectivity index (χ4n) is 2.93. The van der Waals surface area contributed by atoms with E-state index < -0.39 is 10.0 Å². The van der Waals surface area contributed by atoms with E-state index in [0.29, 0.717) is 18.8 Å². The number of thiazole rings is 1. The zero-order valence-corrected chi connectivity index (χ0v) is 17.3. The molecule has 0 radical (unpaired) electrons. The number of amides is 1. The van der Waals surface area contributed by atoms with Gasteiger partial charge in [-0.2, -0.15) is 4.31 Å². The first kappa shape index (κ1) is 19.5. The summed E-state index contributed by atoms with van der Waals surface area (Å²) < 4.78 is 29.2. The van der Waals surface area contributed by atoms with Crippen LogP contribution >= 0.6 is 11.3 Å². The van der Waals surface area contributed by atoms with E-state index in [1.807, 2.05) is 19.1 Å². The van der Waals surface area contributed by atoms with Crippen LogP contribution in [0, 0.1) is 6.92 Å². The normalized spacial score (nSPS) is 12.0. The maximum atomic E-state index is 12.7. The quantitative estimate of drug-likeness (QED) is 0.681. The van der Waals surface area contributed by atoms with E-state index in [0.717, 1.165) is 15.2 Å². The van der Waals surface area contributed by atoms with Gasteiger partial charge in [0.2, 0.25) is 10.0 Å². The Morgan fingerprint density at radius 2 is 1.96 bits per heavy atom. The maximum Gasteiger partial charge on any atom is 0.272 e. The van der Waals surface area contributed by atoms with E-state index in [2.05, 4.69) is 10.3 Å². The Kier molecular flexibility index (Phi) is 5.36. The third kappa shape index (κ3) is 3.76. The van der Waals surface area contributed by atoms with Gasteiger partial charge in [0.1, 0.15) is 10.6 Å². The summed E-state index contributed by atoms with van der Waals surface area (Å²) in [7, 11) is -1.95. The highest BCUT2D eigenvalue weighted by Gasteiger charge is 2.25. The van der Waals surface area contributed by atoms with Crippen LogP contribution in [0.2, 0.25) is 0 Å². The minimum absolute atomic E-state index is 0.118. The Balaban J connectivity index is 1.87. The van der Waals surface area contributed by atoms with E-state index in [-0.39, 0.29) is 16.5 Å². The average molecular weight is 407 g/mol. The van der Waals surface area contributed by atoms with Crippen LogP contribution in [-0.2, 0) is 17.1 Å². The smallest absolute Gasteiger partial charge is 0.272 e. The Labute approximate surface area is 162 Å². The summed E-state index contributed by atoms with van der Waals surface area (Å²) in [6, 6.07) is 6.93. The zero-order chi connectivity index (χ0) is 19.8. The highest BCUT2D eigenvalue weighted by Crippen LogP contribution is 2.25. The molecule has 2 aromatic heterocycles. The first-order valence-corrected chi connectivity index (χ1v) is 10.9. The number of carbonyl (C=O) groups excluding carboxylic acids is 1. The predicted molar refractivity (Wildman–Crippen MR) is 108 cm³/mol. The van der Waals surface area contributed by atoms with Crippen LogP contribution in [0.1, 0.15) is 29.3 Å². The monoisotopic (exact) mass is 406 g/mol. The second-order valence-electron chi connectivity index (χ2n) is 6.13. The summed E-state index contributed by atoms with van der Waals surface area (Å²) in [6.45, 7) is 6.27. The second kappa shape index (κ2) is 7.41. The minimum Gasteiger partial charge on any atom is -0.345 e. The third-order valence-electron chi connectivity index (χ3n) is 4.31. The van der Waals surface area contributed by atoms with Crippen molar-refractivity contribution >= 4 is 43.2 Å². The lowest BCUT2D eigenvalue weighted by atomic mass is 10.3. The van der Waals surface area contributed by atoms with E-state index in [1.54, 1.807) is 38.3 Å². The van der Waals surface area contributed by atoms with Gasteiger partial charge in [0.15, 0.2) is 0 Å². The van der Waals surface area contributed by atoms with E-state index in [9.17, 15) is 13.2 Å². The number of nitrogens with one attached hydrogen (secondary N) is 1. The molecule has 0 spiro atoms. The molecule has 9 heteroatoms. The fourth-order valence-corrected chi connectivity index (χ4v) is 5.32. The Hall–Kier alpha value is -2.23. The SMILES string of the molecule is CCN(CC)S(=O)(=O)c1cc(C(=O)Nc2ccc3nc(C)sc3c2)n(C)c1. The third-order valence-corrected chi connectivity index (χ3v) is 7.26. The lowest BCUT2D eigenvalue weighted by Gasteiger charge is -2.17. The van der Waals surface area contributed by atoms with Crippen LogP contribution in [0.15, 0.2) is 35.4 Å². The molecule has 0 aliphatic carbocycles. The number of carbonyl (C=O) groups is 1. The van der Waals surface area contributed by atoms with Crippen molar-refractivity contribution in [3.05, 3.63) is 41.2 Å². The van der Waals surface area contributed by atoms with Gasteiger partial charge in [-0.05, 0) is 31.2 Å². The number of nitrogens with zero attached hydrogens (tertiary/aromatic N) is 3. The lowest BCUT2D eigenvalue weighted by Crippen LogP contribution is -2.30. The molecule has 1 N–H and O–H groups in total. The van der Waals surface area contributed by atoms with Gasteiger partial charge in [0.05, 0.1) is 15.2 Å². The number of aryl methyl sites for hydroxylation is 2. The molecule has 0 aliphatic rings. The molecule has 0 aliphatic heterocycles. The fraction of sp³-hybridized carbons (Fsp3) is 0.333. The molecule has 7 nitrogen and oxygen atoms in total. The first-order chi connectivity index (χ1) is 12.8. The zero-order valence-electron chi connectivity index (χ0n) is 15.7. The van der Waals surface area contributed by atoms with Crippen LogP contribution in [0.5, 0.6) is 0 Å². The summed E-state index contributed by atoms with van der Waals surface area (Å²) in [5.41, 5.74) is 1.81. The molecule has 2 heterocycles. The molecule has 0 atom stereocenters. The van der Waals surface area contributed by atoms with E-state index >= 15 is 0 Å². The first-order valence-electron chi connectivity index (χ1n) is 8.61. The average Bonchev–Trinajstić information content (AvgIpc) is 3.17. The van der Waals surface area contributed by atoms with Crippen LogP contribution in [0.3, 0.4) is 0 Å². The maximum absolute atomic E-state index is 12.7. The Morgan fingerprint density at radius 3 is 2.63 bits per heavy atom. The van der Waals surface area contributed by atoms with Gasteiger partial charge in [-0.3, -0.25) is 4.79 Å². The summed E-state index contributed by atoms with van der Waals surface area (Å²) >= 11 is 1.56. The summed E-state index contributed by atoms with van der Waals surface area (Å²) in [6.07, 6.45) is 1.47. The number of benzene rings is 1. The molecule has 0 unspecified atom stereocenters. The van der Waals surface area contributed by atoms with Crippen molar-refractivity contribution < 1.29 is 13.2 Å². The molecule has 3 aromatic rings. The molecule has 1 aromatic carbocycles. The summed E-state index contributed by atoms with van der Waals surface area (Å²) in [5.74, 6) is -0.362. The summed E-state index contributed by atoms with van der Waals surface area (Å²) in [5, 5.41) is 3.79. The predicted octanol–water partition coefficient (Wildman–Crippen LogP) is 3.23. The van der Waals surface area contributed by atoms with Gasteiger partial charge < -0.3 is 9.88 Å². The molecule has 27 heavy (non-hydrogen) atoms. The number of hydrogen-bond donors (Lipinski definition) is 1. The van der Waals surface area contributed by atoms with Crippen molar-refractivity contribution in [2.24, 2.45) is 7.05 Å². The molecule has 144 valence electrons. The lowest BCUT2D eigenvalue weighted by molar-refractivity contribution is 0.101.